The highest BCUT2D eigenvalue weighted by Crippen LogP contribution is 2.47. The van der Waals surface area contributed by atoms with Gasteiger partial charge in [-0.3, -0.25) is 4.79 Å². The zero-order valence-electron chi connectivity index (χ0n) is 13.0. The molecule has 0 spiro atoms. The van der Waals surface area contributed by atoms with E-state index in [4.69, 9.17) is 4.74 Å². The summed E-state index contributed by atoms with van der Waals surface area (Å²) in [5.74, 6) is -0.229. The third kappa shape index (κ3) is 3.42. The van der Waals surface area contributed by atoms with E-state index < -0.39 is 5.97 Å². The van der Waals surface area contributed by atoms with Gasteiger partial charge < -0.3 is 10.1 Å². The Hall–Kier alpha value is -2.62. The molecule has 4 nitrogen and oxygen atoms in total. The number of carbonyl (C=O) groups excluding carboxylic acids is 2. The van der Waals surface area contributed by atoms with Crippen LogP contribution in [0.15, 0.2) is 54.6 Å². The number of benzene rings is 2. The molecule has 2 aromatic rings. The van der Waals surface area contributed by atoms with E-state index >= 15 is 0 Å². The van der Waals surface area contributed by atoms with Crippen molar-refractivity contribution in [2.45, 2.75) is 19.3 Å². The van der Waals surface area contributed by atoms with Gasteiger partial charge in [-0.25, -0.2) is 4.79 Å². The molecule has 1 N–H and O–H groups in total. The van der Waals surface area contributed by atoms with Gasteiger partial charge in [0.15, 0.2) is 0 Å². The van der Waals surface area contributed by atoms with E-state index in [-0.39, 0.29) is 17.7 Å². The van der Waals surface area contributed by atoms with Crippen LogP contribution in [-0.4, -0.2) is 18.5 Å². The van der Waals surface area contributed by atoms with Crippen molar-refractivity contribution in [2.24, 2.45) is 5.92 Å². The Kier molecular flexibility index (Phi) is 4.42. The SMILES string of the molecule is CCOC(=O)c1ccccc1NC(=O)[C@@H]1C[C@H]1c1ccccc1. The lowest BCUT2D eigenvalue weighted by atomic mass is 10.1. The van der Waals surface area contributed by atoms with Crippen LogP contribution in [0.5, 0.6) is 0 Å². The standard InChI is InChI=1S/C19H19NO3/c1-2-23-19(22)14-10-6-7-11-17(14)20-18(21)16-12-15(16)13-8-4-3-5-9-13/h3-11,15-16H,2,12H2,1H3,(H,20,21)/t15-,16+/m0/s1. The van der Waals surface area contributed by atoms with Gasteiger partial charge in [-0.15, -0.1) is 0 Å². The Balaban J connectivity index is 1.69. The molecule has 0 aromatic heterocycles. The second-order valence-electron chi connectivity index (χ2n) is 5.61. The van der Waals surface area contributed by atoms with E-state index in [1.165, 1.54) is 5.56 Å². The molecule has 0 unspecified atom stereocenters. The number of hydrogen-bond donors (Lipinski definition) is 1. The summed E-state index contributed by atoms with van der Waals surface area (Å²) in [6, 6.07) is 17.0. The van der Waals surface area contributed by atoms with Gasteiger partial charge in [-0.2, -0.15) is 0 Å². The van der Waals surface area contributed by atoms with Crippen molar-refractivity contribution in [3.8, 4) is 0 Å². The molecule has 2 atom stereocenters. The predicted molar refractivity (Wildman–Crippen MR) is 88.3 cm³/mol. The number of anilines is 1. The first kappa shape index (κ1) is 15.3. The van der Waals surface area contributed by atoms with Crippen molar-refractivity contribution < 1.29 is 14.3 Å². The van der Waals surface area contributed by atoms with Crippen molar-refractivity contribution >= 4 is 17.6 Å². The minimum atomic E-state index is -0.418. The summed E-state index contributed by atoms with van der Waals surface area (Å²) >= 11 is 0. The number of nitrogens with one attached hydrogen (secondary N) is 1. The molecular formula is C19H19NO3. The molecule has 0 aliphatic heterocycles. The first-order valence-corrected chi connectivity index (χ1v) is 7.82. The van der Waals surface area contributed by atoms with Crippen LogP contribution in [-0.2, 0) is 9.53 Å². The van der Waals surface area contributed by atoms with Gasteiger partial charge >= 0.3 is 5.97 Å². The predicted octanol–water partition coefficient (Wildman–Crippen LogP) is 3.61. The average molecular weight is 309 g/mol. The highest BCUT2D eigenvalue weighted by atomic mass is 16.5. The summed E-state index contributed by atoms with van der Waals surface area (Å²) in [6.07, 6.45) is 0.845. The normalized spacial score (nSPS) is 19.0. The molecule has 23 heavy (non-hydrogen) atoms. The zero-order valence-corrected chi connectivity index (χ0v) is 13.0. The fourth-order valence-corrected chi connectivity index (χ4v) is 2.76. The Morgan fingerprint density at radius 2 is 1.78 bits per heavy atom. The van der Waals surface area contributed by atoms with Crippen LogP contribution in [0.3, 0.4) is 0 Å². The number of rotatable bonds is 5. The molecule has 1 saturated carbocycles. The maximum atomic E-state index is 12.4. The largest absolute Gasteiger partial charge is 0.462 e. The fourth-order valence-electron chi connectivity index (χ4n) is 2.76. The summed E-state index contributed by atoms with van der Waals surface area (Å²) in [5, 5.41) is 2.87. The quantitative estimate of drug-likeness (QED) is 0.859. The van der Waals surface area contributed by atoms with Gasteiger partial charge in [0.25, 0.3) is 0 Å². The van der Waals surface area contributed by atoms with Crippen molar-refractivity contribution in [2.75, 3.05) is 11.9 Å². The van der Waals surface area contributed by atoms with Crippen LogP contribution in [0.4, 0.5) is 5.69 Å². The average Bonchev–Trinajstić information content (AvgIpc) is 3.37. The van der Waals surface area contributed by atoms with Gasteiger partial charge in [0.2, 0.25) is 5.91 Å². The van der Waals surface area contributed by atoms with Gasteiger partial charge in [-0.1, -0.05) is 42.5 Å². The lowest BCUT2D eigenvalue weighted by Gasteiger charge is -2.10. The Morgan fingerprint density at radius 3 is 2.52 bits per heavy atom. The van der Waals surface area contributed by atoms with E-state index in [0.29, 0.717) is 17.9 Å². The smallest absolute Gasteiger partial charge is 0.340 e. The van der Waals surface area contributed by atoms with Crippen LogP contribution in [0.1, 0.15) is 35.2 Å². The van der Waals surface area contributed by atoms with Crippen LogP contribution < -0.4 is 5.32 Å². The monoisotopic (exact) mass is 309 g/mol. The third-order valence-electron chi connectivity index (χ3n) is 4.04. The second kappa shape index (κ2) is 6.65. The van der Waals surface area contributed by atoms with E-state index in [1.807, 2.05) is 30.3 Å². The molecule has 0 radical (unpaired) electrons. The van der Waals surface area contributed by atoms with E-state index in [9.17, 15) is 9.59 Å². The Bertz CT molecular complexity index is 712. The number of amides is 1. The molecule has 2 aromatic carbocycles. The number of esters is 1. The molecule has 3 rings (SSSR count). The van der Waals surface area contributed by atoms with E-state index in [2.05, 4.69) is 5.32 Å². The summed E-state index contributed by atoms with van der Waals surface area (Å²) in [5.41, 5.74) is 2.08. The number of hydrogen-bond acceptors (Lipinski definition) is 3. The second-order valence-corrected chi connectivity index (χ2v) is 5.61. The van der Waals surface area contributed by atoms with Gasteiger partial charge in [0.05, 0.1) is 17.9 Å². The van der Waals surface area contributed by atoms with Gasteiger partial charge in [-0.05, 0) is 37.0 Å². The molecule has 1 aliphatic carbocycles. The number of para-hydroxylation sites is 1. The molecule has 4 heteroatoms. The Morgan fingerprint density at radius 1 is 1.09 bits per heavy atom. The van der Waals surface area contributed by atoms with Crippen LogP contribution in [0, 0.1) is 5.92 Å². The van der Waals surface area contributed by atoms with Gasteiger partial charge in [0, 0.05) is 5.92 Å². The molecular weight excluding hydrogens is 290 g/mol. The van der Waals surface area contributed by atoms with E-state index in [1.54, 1.807) is 31.2 Å². The molecule has 1 amide bonds. The maximum Gasteiger partial charge on any atom is 0.340 e. The molecule has 0 bridgehead atoms. The first-order valence-electron chi connectivity index (χ1n) is 7.82. The van der Waals surface area contributed by atoms with Crippen molar-refractivity contribution in [1.29, 1.82) is 0 Å². The van der Waals surface area contributed by atoms with Crippen LogP contribution in [0.2, 0.25) is 0 Å². The lowest BCUT2D eigenvalue weighted by molar-refractivity contribution is -0.117. The zero-order chi connectivity index (χ0) is 16.2. The number of carbonyl (C=O) groups is 2. The summed E-state index contributed by atoms with van der Waals surface area (Å²) in [4.78, 5) is 24.4. The molecule has 0 saturated heterocycles. The Labute approximate surface area is 135 Å². The third-order valence-corrected chi connectivity index (χ3v) is 4.04. The summed E-state index contributed by atoms with van der Waals surface area (Å²) in [6.45, 7) is 2.06. The molecule has 0 heterocycles. The van der Waals surface area contributed by atoms with Crippen LogP contribution in [0.25, 0.3) is 0 Å². The van der Waals surface area contributed by atoms with Crippen molar-refractivity contribution in [1.82, 2.24) is 0 Å². The van der Waals surface area contributed by atoms with Crippen molar-refractivity contribution in [3.05, 3.63) is 65.7 Å². The van der Waals surface area contributed by atoms with Gasteiger partial charge in [0.1, 0.15) is 0 Å². The summed E-state index contributed by atoms with van der Waals surface area (Å²) < 4.78 is 5.03. The molecule has 118 valence electrons. The molecule has 1 fully saturated rings. The minimum absolute atomic E-state index is 0.0346. The lowest BCUT2D eigenvalue weighted by Crippen LogP contribution is -2.17. The molecule has 1 aliphatic rings. The number of ether oxygens (including phenoxy) is 1. The van der Waals surface area contributed by atoms with Crippen LogP contribution >= 0.6 is 0 Å². The van der Waals surface area contributed by atoms with E-state index in [0.717, 1.165) is 6.42 Å². The topological polar surface area (TPSA) is 55.4 Å². The maximum absolute atomic E-state index is 12.4. The van der Waals surface area contributed by atoms with Crippen molar-refractivity contribution in [3.63, 3.8) is 0 Å². The summed E-state index contributed by atoms with van der Waals surface area (Å²) in [7, 11) is 0. The minimum Gasteiger partial charge on any atom is -0.462 e. The highest BCUT2D eigenvalue weighted by molar-refractivity contribution is 6.02. The fraction of sp³-hybridized carbons (Fsp3) is 0.263. The highest BCUT2D eigenvalue weighted by Gasteiger charge is 2.44. The first-order chi connectivity index (χ1) is 11.2.